The summed E-state index contributed by atoms with van der Waals surface area (Å²) in [7, 11) is 1.40. The number of anilines is 1. The van der Waals surface area contributed by atoms with Crippen LogP contribution in [0.1, 0.15) is 6.92 Å². The summed E-state index contributed by atoms with van der Waals surface area (Å²) in [6.07, 6.45) is 1.34. The maximum Gasteiger partial charge on any atom is 0.271 e. The normalized spacial score (nSPS) is 11.6. The highest BCUT2D eigenvalue weighted by atomic mass is 32.2. The number of nitrogens with zero attached hydrogens (tertiary/aromatic N) is 2. The summed E-state index contributed by atoms with van der Waals surface area (Å²) in [5, 5.41) is 24.9. The number of benzene rings is 1. The van der Waals surface area contributed by atoms with Crippen molar-refractivity contribution in [3.8, 4) is 5.75 Å². The van der Waals surface area contributed by atoms with E-state index in [2.05, 4.69) is 5.32 Å². The molecule has 0 aliphatic carbocycles. The van der Waals surface area contributed by atoms with E-state index in [-0.39, 0.29) is 11.4 Å². The minimum atomic E-state index is -0.587. The number of pyridine rings is 1. The number of nitro groups is 1. The fourth-order valence-electron chi connectivity index (χ4n) is 1.88. The van der Waals surface area contributed by atoms with Crippen LogP contribution in [0.15, 0.2) is 47.6 Å². The lowest BCUT2D eigenvalue weighted by molar-refractivity contribution is -0.645. The molecule has 24 heavy (non-hydrogen) atoms. The zero-order valence-corrected chi connectivity index (χ0v) is 13.8. The van der Waals surface area contributed by atoms with Gasteiger partial charge >= 0.3 is 0 Å². The zero-order valence-electron chi connectivity index (χ0n) is 13.0. The van der Waals surface area contributed by atoms with Gasteiger partial charge in [-0.25, -0.2) is 0 Å². The van der Waals surface area contributed by atoms with E-state index < -0.39 is 16.1 Å². The smallest absolute Gasteiger partial charge is 0.271 e. The maximum atomic E-state index is 12.3. The van der Waals surface area contributed by atoms with Gasteiger partial charge in [0.1, 0.15) is 5.75 Å². The van der Waals surface area contributed by atoms with Gasteiger partial charge in [-0.1, -0.05) is 0 Å². The van der Waals surface area contributed by atoms with Crippen LogP contribution in [0.3, 0.4) is 0 Å². The Morgan fingerprint density at radius 2 is 2.12 bits per heavy atom. The number of methoxy groups -OCH3 is 1. The van der Waals surface area contributed by atoms with Crippen LogP contribution in [-0.4, -0.2) is 23.2 Å². The topological polar surface area (TPSA) is 108 Å². The van der Waals surface area contributed by atoms with Gasteiger partial charge in [-0.3, -0.25) is 14.9 Å². The van der Waals surface area contributed by atoms with Crippen molar-refractivity contribution < 1.29 is 19.2 Å². The van der Waals surface area contributed by atoms with E-state index in [1.54, 1.807) is 25.1 Å². The second-order valence-corrected chi connectivity index (χ2v) is 6.12. The van der Waals surface area contributed by atoms with Crippen molar-refractivity contribution in [2.45, 2.75) is 17.2 Å². The number of carbonyl (C=O) groups is 1. The van der Waals surface area contributed by atoms with E-state index in [1.165, 1.54) is 31.5 Å². The number of amides is 1. The number of rotatable bonds is 6. The predicted octanol–water partition coefficient (Wildman–Crippen LogP) is 2.36. The zero-order chi connectivity index (χ0) is 17.7. The van der Waals surface area contributed by atoms with Gasteiger partial charge in [0.15, 0.2) is 6.20 Å². The Balaban J connectivity index is 2.15. The van der Waals surface area contributed by atoms with Gasteiger partial charge in [0, 0.05) is 24.3 Å². The van der Waals surface area contributed by atoms with Crippen LogP contribution in [-0.2, 0) is 4.79 Å². The number of ether oxygens (including phenoxy) is 1. The van der Waals surface area contributed by atoms with Crippen molar-refractivity contribution >= 4 is 29.0 Å². The number of non-ortho nitro benzene ring substituents is 1. The van der Waals surface area contributed by atoms with Crippen molar-refractivity contribution in [3.05, 3.63) is 57.9 Å². The molecule has 1 amide bonds. The number of thioether (sulfide) groups is 1. The van der Waals surface area contributed by atoms with Crippen LogP contribution in [0, 0.1) is 15.3 Å². The molecule has 0 spiro atoms. The Hall–Kier alpha value is -2.81. The fraction of sp³-hybridized carbons (Fsp3) is 0.200. The Morgan fingerprint density at radius 3 is 2.75 bits per heavy atom. The van der Waals surface area contributed by atoms with Crippen molar-refractivity contribution in [1.82, 2.24) is 0 Å². The second kappa shape index (κ2) is 7.64. The lowest BCUT2D eigenvalue weighted by atomic mass is 10.2. The first-order chi connectivity index (χ1) is 11.4. The molecule has 1 aromatic heterocycles. The molecule has 126 valence electrons. The minimum Gasteiger partial charge on any atom is -0.618 e. The second-order valence-electron chi connectivity index (χ2n) is 4.76. The number of hydrogen-bond acceptors (Lipinski definition) is 6. The molecule has 0 saturated heterocycles. The summed E-state index contributed by atoms with van der Waals surface area (Å²) >= 11 is 1.09. The van der Waals surface area contributed by atoms with Gasteiger partial charge in [-0.15, -0.1) is 0 Å². The van der Waals surface area contributed by atoms with E-state index in [1.807, 2.05) is 0 Å². The average Bonchev–Trinajstić information content (AvgIpc) is 2.56. The molecule has 1 atom stereocenters. The molecule has 9 heteroatoms. The molecule has 1 aromatic carbocycles. The summed E-state index contributed by atoms with van der Waals surface area (Å²) in [6.45, 7) is 1.64. The molecule has 8 nitrogen and oxygen atoms in total. The van der Waals surface area contributed by atoms with Crippen molar-refractivity contribution in [2.75, 3.05) is 12.4 Å². The van der Waals surface area contributed by atoms with Crippen LogP contribution < -0.4 is 14.8 Å². The van der Waals surface area contributed by atoms with Crippen LogP contribution >= 0.6 is 11.8 Å². The lowest BCUT2D eigenvalue weighted by Crippen LogP contribution is -2.30. The van der Waals surface area contributed by atoms with Crippen molar-refractivity contribution in [2.24, 2.45) is 0 Å². The number of nitrogens with one attached hydrogen (secondary N) is 1. The Labute approximate surface area is 142 Å². The molecule has 0 aliphatic rings. The van der Waals surface area contributed by atoms with Gasteiger partial charge in [0.25, 0.3) is 10.7 Å². The first kappa shape index (κ1) is 17.5. The highest BCUT2D eigenvalue weighted by molar-refractivity contribution is 8.00. The molecule has 0 saturated carbocycles. The largest absolute Gasteiger partial charge is 0.618 e. The molecule has 0 bridgehead atoms. The SMILES string of the molecule is COc1ccc([N+](=O)[O-])cc1NC(=O)[C@@H](C)Sc1cccc[n+]1[O-]. The minimum absolute atomic E-state index is 0.160. The third-order valence-electron chi connectivity index (χ3n) is 3.11. The quantitative estimate of drug-likeness (QED) is 0.282. The summed E-state index contributed by atoms with van der Waals surface area (Å²) in [5.74, 6) is -0.0904. The Kier molecular flexibility index (Phi) is 5.59. The Morgan fingerprint density at radius 1 is 1.38 bits per heavy atom. The number of aromatic nitrogens is 1. The number of nitro benzene ring substituents is 1. The number of carbonyl (C=O) groups excluding carboxylic acids is 1. The lowest BCUT2D eigenvalue weighted by Gasteiger charge is -2.13. The third-order valence-corrected chi connectivity index (χ3v) is 4.23. The molecule has 0 unspecified atom stereocenters. The molecule has 2 rings (SSSR count). The van der Waals surface area contributed by atoms with E-state index >= 15 is 0 Å². The van der Waals surface area contributed by atoms with Gasteiger partial charge in [0.05, 0.1) is 23.0 Å². The predicted molar refractivity (Wildman–Crippen MR) is 89.0 cm³/mol. The van der Waals surface area contributed by atoms with Crippen LogP contribution in [0.25, 0.3) is 0 Å². The molecular weight excluding hydrogens is 334 g/mol. The summed E-state index contributed by atoms with van der Waals surface area (Å²) in [6, 6.07) is 8.83. The monoisotopic (exact) mass is 349 g/mol. The molecule has 1 N–H and O–H groups in total. The van der Waals surface area contributed by atoms with E-state index in [4.69, 9.17) is 4.74 Å². The average molecular weight is 349 g/mol. The van der Waals surface area contributed by atoms with Gasteiger partial charge in [-0.05, 0) is 30.8 Å². The van der Waals surface area contributed by atoms with Gasteiger partial charge < -0.3 is 15.3 Å². The standard InChI is InChI=1S/C15H15N3O5S/c1-10(24-14-5-3-4-8-17(14)20)15(19)16-12-9-11(18(21)22)6-7-13(12)23-2/h3-10H,1-2H3,(H,16,19)/t10-/m1/s1. The van der Waals surface area contributed by atoms with Gasteiger partial charge in [0.2, 0.25) is 5.91 Å². The highest BCUT2D eigenvalue weighted by Crippen LogP contribution is 2.30. The third kappa shape index (κ3) is 4.13. The summed E-state index contributed by atoms with van der Waals surface area (Å²) in [5.41, 5.74) is 0.0408. The summed E-state index contributed by atoms with van der Waals surface area (Å²) in [4.78, 5) is 22.6. The first-order valence-electron chi connectivity index (χ1n) is 6.90. The van der Waals surface area contributed by atoms with Crippen LogP contribution in [0.2, 0.25) is 0 Å². The molecular formula is C15H15N3O5S. The van der Waals surface area contributed by atoms with Crippen LogP contribution in [0.4, 0.5) is 11.4 Å². The fourth-order valence-corrected chi connectivity index (χ4v) is 2.73. The highest BCUT2D eigenvalue weighted by Gasteiger charge is 2.21. The van der Waals surface area contributed by atoms with E-state index in [0.29, 0.717) is 15.5 Å². The van der Waals surface area contributed by atoms with Gasteiger partial charge in [-0.2, -0.15) is 4.73 Å². The molecule has 0 radical (unpaired) electrons. The van der Waals surface area contributed by atoms with Crippen molar-refractivity contribution in [3.63, 3.8) is 0 Å². The molecule has 1 heterocycles. The summed E-state index contributed by atoms with van der Waals surface area (Å²) < 4.78 is 5.77. The van der Waals surface area contributed by atoms with E-state index in [9.17, 15) is 20.1 Å². The molecule has 0 aliphatic heterocycles. The maximum absolute atomic E-state index is 12.3. The molecule has 0 fully saturated rings. The number of hydrogen-bond donors (Lipinski definition) is 1. The van der Waals surface area contributed by atoms with Crippen molar-refractivity contribution in [1.29, 1.82) is 0 Å². The van der Waals surface area contributed by atoms with E-state index in [0.717, 1.165) is 11.8 Å². The first-order valence-corrected chi connectivity index (χ1v) is 7.78. The Bertz CT molecular complexity index is 769. The van der Waals surface area contributed by atoms with Crippen LogP contribution in [0.5, 0.6) is 5.75 Å². The molecule has 2 aromatic rings.